The molecule has 0 aromatic heterocycles. The fourth-order valence-corrected chi connectivity index (χ4v) is 2.01. The van der Waals surface area contributed by atoms with E-state index in [9.17, 15) is 4.39 Å². The molecule has 2 aromatic carbocycles. The molecule has 0 bridgehead atoms. The Labute approximate surface area is 121 Å². The molecule has 0 saturated heterocycles. The Hall–Kier alpha value is -1.29. The van der Waals surface area contributed by atoms with E-state index in [2.05, 4.69) is 5.32 Å². The average molecular weight is 300 g/mol. The summed E-state index contributed by atoms with van der Waals surface area (Å²) in [6, 6.07) is 9.55. The minimum atomic E-state index is -0.360. The van der Waals surface area contributed by atoms with E-state index < -0.39 is 0 Å². The van der Waals surface area contributed by atoms with E-state index in [1.54, 1.807) is 31.3 Å². The van der Waals surface area contributed by atoms with Crippen molar-refractivity contribution in [1.82, 2.24) is 5.32 Å². The zero-order valence-corrected chi connectivity index (χ0v) is 11.7. The van der Waals surface area contributed by atoms with Gasteiger partial charge in [-0.05, 0) is 36.9 Å². The van der Waals surface area contributed by atoms with Gasteiger partial charge in [0, 0.05) is 12.6 Å². The molecular formula is C14H12Cl2FNO. The van der Waals surface area contributed by atoms with Crippen LogP contribution in [-0.4, -0.2) is 7.05 Å². The third-order valence-corrected chi connectivity index (χ3v) is 3.26. The molecule has 2 aromatic rings. The van der Waals surface area contributed by atoms with E-state index in [4.69, 9.17) is 27.9 Å². The van der Waals surface area contributed by atoms with Gasteiger partial charge in [-0.1, -0.05) is 29.3 Å². The van der Waals surface area contributed by atoms with Gasteiger partial charge >= 0.3 is 0 Å². The Bertz CT molecular complexity index is 590. The third-order valence-electron chi connectivity index (χ3n) is 2.46. The second-order valence-corrected chi connectivity index (χ2v) is 4.76. The fraction of sp³-hybridized carbons (Fsp3) is 0.143. The van der Waals surface area contributed by atoms with E-state index in [1.165, 1.54) is 12.1 Å². The first-order chi connectivity index (χ1) is 9.10. The molecule has 19 heavy (non-hydrogen) atoms. The monoisotopic (exact) mass is 299 g/mol. The van der Waals surface area contributed by atoms with Crippen molar-refractivity contribution in [1.29, 1.82) is 0 Å². The number of benzene rings is 2. The number of hydrogen-bond donors (Lipinski definition) is 1. The summed E-state index contributed by atoms with van der Waals surface area (Å²) >= 11 is 11.9. The first kappa shape index (κ1) is 14.1. The summed E-state index contributed by atoms with van der Waals surface area (Å²) in [4.78, 5) is 0. The van der Waals surface area contributed by atoms with Gasteiger partial charge in [0.05, 0.1) is 5.02 Å². The average Bonchev–Trinajstić information content (AvgIpc) is 2.35. The molecule has 1 N–H and O–H groups in total. The Balaban J connectivity index is 2.30. The molecule has 0 saturated carbocycles. The second-order valence-electron chi connectivity index (χ2n) is 3.98. The van der Waals surface area contributed by atoms with Gasteiger partial charge in [0.1, 0.15) is 22.3 Å². The molecule has 0 aliphatic heterocycles. The van der Waals surface area contributed by atoms with Crippen molar-refractivity contribution in [2.45, 2.75) is 6.54 Å². The number of hydrogen-bond acceptors (Lipinski definition) is 2. The quantitative estimate of drug-likeness (QED) is 0.888. The smallest absolute Gasteiger partial charge is 0.147 e. The van der Waals surface area contributed by atoms with E-state index in [0.717, 1.165) is 5.56 Å². The molecule has 0 spiro atoms. The lowest BCUT2D eigenvalue weighted by Gasteiger charge is -2.10. The molecule has 0 fully saturated rings. The molecule has 100 valence electrons. The van der Waals surface area contributed by atoms with Crippen LogP contribution in [0.4, 0.5) is 4.39 Å². The van der Waals surface area contributed by atoms with Crippen LogP contribution in [-0.2, 0) is 6.54 Å². The standard InChI is InChI=1S/C14H12Cl2FNO/c1-18-8-9-5-10(17)7-11(6-9)19-13-4-2-3-12(15)14(13)16/h2-7,18H,8H2,1H3. The number of nitrogens with one attached hydrogen (secondary N) is 1. The molecule has 2 rings (SSSR count). The lowest BCUT2D eigenvalue weighted by atomic mass is 10.2. The molecule has 0 aliphatic carbocycles. The zero-order chi connectivity index (χ0) is 13.8. The Kier molecular flexibility index (Phi) is 4.64. The molecule has 5 heteroatoms. The molecule has 0 atom stereocenters. The summed E-state index contributed by atoms with van der Waals surface area (Å²) in [7, 11) is 1.79. The van der Waals surface area contributed by atoms with E-state index in [-0.39, 0.29) is 5.82 Å². The maximum Gasteiger partial charge on any atom is 0.147 e. The van der Waals surface area contributed by atoms with Crippen LogP contribution in [0.25, 0.3) is 0 Å². The van der Waals surface area contributed by atoms with Crippen LogP contribution in [0.1, 0.15) is 5.56 Å². The number of rotatable bonds is 4. The van der Waals surface area contributed by atoms with Crippen LogP contribution in [0.15, 0.2) is 36.4 Å². The second kappa shape index (κ2) is 6.24. The molecule has 0 amide bonds. The highest BCUT2D eigenvalue weighted by atomic mass is 35.5. The maximum absolute atomic E-state index is 13.5. The molecule has 0 unspecified atom stereocenters. The Morgan fingerprint density at radius 2 is 2.00 bits per heavy atom. The highest BCUT2D eigenvalue weighted by Crippen LogP contribution is 2.34. The number of halogens is 3. The van der Waals surface area contributed by atoms with E-state index >= 15 is 0 Å². The normalized spacial score (nSPS) is 10.5. The van der Waals surface area contributed by atoms with Gasteiger partial charge in [0.25, 0.3) is 0 Å². The van der Waals surface area contributed by atoms with Crippen LogP contribution in [0.3, 0.4) is 0 Å². The molecule has 0 radical (unpaired) electrons. The lowest BCUT2D eigenvalue weighted by molar-refractivity contribution is 0.475. The first-order valence-corrected chi connectivity index (χ1v) is 6.41. The van der Waals surface area contributed by atoms with Crippen LogP contribution in [0.2, 0.25) is 10.0 Å². The van der Waals surface area contributed by atoms with Crippen molar-refractivity contribution < 1.29 is 9.13 Å². The van der Waals surface area contributed by atoms with Crippen molar-refractivity contribution in [2.75, 3.05) is 7.05 Å². The molecule has 0 aliphatic rings. The van der Waals surface area contributed by atoms with E-state index in [1.807, 2.05) is 0 Å². The van der Waals surface area contributed by atoms with Crippen molar-refractivity contribution in [3.63, 3.8) is 0 Å². The fourth-order valence-electron chi connectivity index (χ4n) is 1.68. The van der Waals surface area contributed by atoms with Crippen LogP contribution in [0, 0.1) is 5.82 Å². The van der Waals surface area contributed by atoms with Gasteiger partial charge in [-0.25, -0.2) is 4.39 Å². The SMILES string of the molecule is CNCc1cc(F)cc(Oc2cccc(Cl)c2Cl)c1. The summed E-state index contributed by atoms with van der Waals surface area (Å²) < 4.78 is 19.0. The Morgan fingerprint density at radius 3 is 2.74 bits per heavy atom. The highest BCUT2D eigenvalue weighted by Gasteiger charge is 2.08. The summed E-state index contributed by atoms with van der Waals surface area (Å²) in [6.45, 7) is 0.553. The van der Waals surface area contributed by atoms with Crippen molar-refractivity contribution in [3.8, 4) is 11.5 Å². The van der Waals surface area contributed by atoms with Crippen LogP contribution < -0.4 is 10.1 Å². The highest BCUT2D eigenvalue weighted by molar-refractivity contribution is 6.42. The predicted molar refractivity (Wildman–Crippen MR) is 75.7 cm³/mol. The molecule has 2 nitrogen and oxygen atoms in total. The number of ether oxygens (including phenoxy) is 1. The van der Waals surface area contributed by atoms with Crippen molar-refractivity contribution in [2.24, 2.45) is 0 Å². The minimum absolute atomic E-state index is 0.309. The van der Waals surface area contributed by atoms with Crippen LogP contribution in [0.5, 0.6) is 11.5 Å². The van der Waals surface area contributed by atoms with E-state index in [0.29, 0.717) is 28.1 Å². The van der Waals surface area contributed by atoms with Gasteiger partial charge in [0.15, 0.2) is 0 Å². The van der Waals surface area contributed by atoms with Gasteiger partial charge in [-0.3, -0.25) is 0 Å². The van der Waals surface area contributed by atoms with Gasteiger partial charge in [-0.15, -0.1) is 0 Å². The topological polar surface area (TPSA) is 21.3 Å². The molecule has 0 heterocycles. The third kappa shape index (κ3) is 3.60. The summed E-state index contributed by atoms with van der Waals surface area (Å²) in [5.41, 5.74) is 0.788. The van der Waals surface area contributed by atoms with Gasteiger partial charge in [-0.2, -0.15) is 0 Å². The van der Waals surface area contributed by atoms with Gasteiger partial charge in [0.2, 0.25) is 0 Å². The lowest BCUT2D eigenvalue weighted by Crippen LogP contribution is -2.05. The predicted octanol–water partition coefficient (Wildman–Crippen LogP) is 4.64. The maximum atomic E-state index is 13.5. The first-order valence-electron chi connectivity index (χ1n) is 5.66. The Morgan fingerprint density at radius 1 is 1.21 bits per heavy atom. The van der Waals surface area contributed by atoms with Crippen molar-refractivity contribution >= 4 is 23.2 Å². The van der Waals surface area contributed by atoms with Gasteiger partial charge < -0.3 is 10.1 Å². The summed E-state index contributed by atoms with van der Waals surface area (Å²) in [5, 5.41) is 3.66. The zero-order valence-electron chi connectivity index (χ0n) is 10.2. The summed E-state index contributed by atoms with van der Waals surface area (Å²) in [6.07, 6.45) is 0. The van der Waals surface area contributed by atoms with Crippen molar-refractivity contribution in [3.05, 3.63) is 57.8 Å². The minimum Gasteiger partial charge on any atom is -0.456 e. The summed E-state index contributed by atoms with van der Waals surface area (Å²) in [5.74, 6) is 0.422. The molecular weight excluding hydrogens is 288 g/mol. The van der Waals surface area contributed by atoms with Crippen LogP contribution >= 0.6 is 23.2 Å². The largest absolute Gasteiger partial charge is 0.456 e.